The summed E-state index contributed by atoms with van der Waals surface area (Å²) in [4.78, 5) is 4.88. The van der Waals surface area contributed by atoms with Gasteiger partial charge in [-0.15, -0.1) is 0 Å². The number of piperidine rings is 1. The SMILES string of the molecule is Cc1cc(N)ccc1N(C)CC1CCN(c2ccc(N)cc2C)CC1. The molecule has 0 unspecified atom stereocenters. The Hall–Kier alpha value is -2.36. The van der Waals surface area contributed by atoms with Gasteiger partial charge in [0.1, 0.15) is 0 Å². The van der Waals surface area contributed by atoms with Crippen LogP contribution in [0.3, 0.4) is 0 Å². The molecule has 0 aromatic heterocycles. The summed E-state index contributed by atoms with van der Waals surface area (Å²) in [7, 11) is 2.19. The molecule has 25 heavy (non-hydrogen) atoms. The molecule has 1 heterocycles. The van der Waals surface area contributed by atoms with Crippen molar-refractivity contribution in [2.45, 2.75) is 26.7 Å². The summed E-state index contributed by atoms with van der Waals surface area (Å²) in [5, 5.41) is 0. The molecule has 2 aromatic rings. The Balaban J connectivity index is 1.59. The minimum Gasteiger partial charge on any atom is -0.399 e. The molecule has 134 valence electrons. The van der Waals surface area contributed by atoms with Gasteiger partial charge in [0.15, 0.2) is 0 Å². The van der Waals surface area contributed by atoms with E-state index in [1.54, 1.807) is 0 Å². The second-order valence-electron chi connectivity index (χ2n) is 7.40. The van der Waals surface area contributed by atoms with E-state index in [4.69, 9.17) is 11.5 Å². The number of hydrogen-bond donors (Lipinski definition) is 2. The molecule has 0 atom stereocenters. The van der Waals surface area contributed by atoms with Gasteiger partial charge < -0.3 is 21.3 Å². The molecule has 1 saturated heterocycles. The lowest BCUT2D eigenvalue weighted by atomic mass is 9.95. The third-order valence-corrected chi connectivity index (χ3v) is 5.34. The second kappa shape index (κ2) is 7.26. The Morgan fingerprint density at radius 1 is 0.960 bits per heavy atom. The van der Waals surface area contributed by atoms with E-state index < -0.39 is 0 Å². The summed E-state index contributed by atoms with van der Waals surface area (Å²) in [5.74, 6) is 0.729. The van der Waals surface area contributed by atoms with E-state index in [2.05, 4.69) is 55.0 Å². The molecule has 4 nitrogen and oxygen atoms in total. The Bertz CT molecular complexity index is 733. The van der Waals surface area contributed by atoms with Crippen molar-refractivity contribution in [3.05, 3.63) is 47.5 Å². The van der Waals surface area contributed by atoms with Crippen LogP contribution in [0, 0.1) is 19.8 Å². The molecule has 1 aliphatic rings. The van der Waals surface area contributed by atoms with Gasteiger partial charge in [-0.05, 0) is 80.1 Å². The van der Waals surface area contributed by atoms with E-state index >= 15 is 0 Å². The number of nitrogens with two attached hydrogens (primary N) is 2. The van der Waals surface area contributed by atoms with Crippen LogP contribution in [-0.2, 0) is 0 Å². The Kier molecular flexibility index (Phi) is 5.07. The number of nitrogens with zero attached hydrogens (tertiary/aromatic N) is 2. The predicted octanol–water partition coefficient (Wildman–Crippen LogP) is 3.82. The molecule has 3 rings (SSSR count). The first-order chi connectivity index (χ1) is 11.9. The van der Waals surface area contributed by atoms with E-state index in [-0.39, 0.29) is 0 Å². The molecule has 1 fully saturated rings. The first kappa shape index (κ1) is 17.5. The average molecular weight is 338 g/mol. The van der Waals surface area contributed by atoms with E-state index in [9.17, 15) is 0 Å². The van der Waals surface area contributed by atoms with Gasteiger partial charge in [0.25, 0.3) is 0 Å². The van der Waals surface area contributed by atoms with Gasteiger partial charge in [-0.25, -0.2) is 0 Å². The fourth-order valence-electron chi connectivity index (χ4n) is 3.98. The topological polar surface area (TPSA) is 58.5 Å². The highest BCUT2D eigenvalue weighted by molar-refractivity contribution is 5.60. The van der Waals surface area contributed by atoms with Crippen LogP contribution < -0.4 is 21.3 Å². The second-order valence-corrected chi connectivity index (χ2v) is 7.40. The zero-order chi connectivity index (χ0) is 18.0. The molecule has 0 bridgehead atoms. The van der Waals surface area contributed by atoms with Gasteiger partial charge in [-0.1, -0.05) is 0 Å². The molecular formula is C21H30N4. The summed E-state index contributed by atoms with van der Waals surface area (Å²) in [6.45, 7) is 7.61. The number of benzene rings is 2. The maximum Gasteiger partial charge on any atom is 0.0397 e. The fraction of sp³-hybridized carbons (Fsp3) is 0.429. The lowest BCUT2D eigenvalue weighted by molar-refractivity contribution is 0.408. The molecular weight excluding hydrogens is 308 g/mol. The Labute approximate surface area is 151 Å². The standard InChI is InChI=1S/C21H30N4/c1-15-12-18(22)4-6-20(15)24(3)14-17-8-10-25(11-9-17)21-7-5-19(23)13-16(21)2/h4-7,12-13,17H,8-11,14,22-23H2,1-3H3. The van der Waals surface area contributed by atoms with Crippen LogP contribution in [-0.4, -0.2) is 26.7 Å². The van der Waals surface area contributed by atoms with Crippen LogP contribution in [0.1, 0.15) is 24.0 Å². The molecule has 0 radical (unpaired) electrons. The molecule has 4 N–H and O–H groups in total. The molecule has 0 saturated carbocycles. The predicted molar refractivity (Wildman–Crippen MR) is 109 cm³/mol. The molecule has 0 amide bonds. The summed E-state index contributed by atoms with van der Waals surface area (Å²) in [6.07, 6.45) is 2.45. The molecule has 2 aromatic carbocycles. The highest BCUT2D eigenvalue weighted by Gasteiger charge is 2.22. The molecule has 4 heteroatoms. The third-order valence-electron chi connectivity index (χ3n) is 5.34. The van der Waals surface area contributed by atoms with Crippen molar-refractivity contribution < 1.29 is 0 Å². The largest absolute Gasteiger partial charge is 0.399 e. The lowest BCUT2D eigenvalue weighted by Crippen LogP contribution is -2.38. The fourth-order valence-corrected chi connectivity index (χ4v) is 3.98. The summed E-state index contributed by atoms with van der Waals surface area (Å²) in [6, 6.07) is 12.4. The number of nitrogen functional groups attached to an aromatic ring is 2. The normalized spacial score (nSPS) is 15.4. The average Bonchev–Trinajstić information content (AvgIpc) is 2.55. The van der Waals surface area contributed by atoms with Crippen molar-refractivity contribution in [3.63, 3.8) is 0 Å². The zero-order valence-electron chi connectivity index (χ0n) is 15.6. The van der Waals surface area contributed by atoms with Crippen LogP contribution in [0.4, 0.5) is 22.7 Å². The summed E-state index contributed by atoms with van der Waals surface area (Å²) < 4.78 is 0. The number of anilines is 4. The van der Waals surface area contributed by atoms with Crippen molar-refractivity contribution in [2.75, 3.05) is 47.9 Å². The van der Waals surface area contributed by atoms with Gasteiger partial charge in [-0.2, -0.15) is 0 Å². The first-order valence-corrected chi connectivity index (χ1v) is 9.12. The van der Waals surface area contributed by atoms with Crippen LogP contribution in [0.5, 0.6) is 0 Å². The maximum absolute atomic E-state index is 5.88. The third kappa shape index (κ3) is 4.01. The van der Waals surface area contributed by atoms with E-state index in [1.165, 1.54) is 35.3 Å². The first-order valence-electron chi connectivity index (χ1n) is 9.12. The van der Waals surface area contributed by atoms with Crippen molar-refractivity contribution in [3.8, 4) is 0 Å². The van der Waals surface area contributed by atoms with Crippen molar-refractivity contribution >= 4 is 22.7 Å². The number of rotatable bonds is 4. The van der Waals surface area contributed by atoms with Gasteiger partial charge in [0.05, 0.1) is 0 Å². The maximum atomic E-state index is 5.88. The van der Waals surface area contributed by atoms with Crippen LogP contribution in [0.2, 0.25) is 0 Å². The van der Waals surface area contributed by atoms with Crippen molar-refractivity contribution in [1.82, 2.24) is 0 Å². The lowest BCUT2D eigenvalue weighted by Gasteiger charge is -2.36. The summed E-state index contributed by atoms with van der Waals surface area (Å²) >= 11 is 0. The smallest absolute Gasteiger partial charge is 0.0397 e. The highest BCUT2D eigenvalue weighted by Crippen LogP contribution is 2.29. The Morgan fingerprint density at radius 3 is 2.16 bits per heavy atom. The highest BCUT2D eigenvalue weighted by atomic mass is 15.1. The van der Waals surface area contributed by atoms with Crippen molar-refractivity contribution in [1.29, 1.82) is 0 Å². The van der Waals surface area contributed by atoms with Crippen LogP contribution in [0.15, 0.2) is 36.4 Å². The van der Waals surface area contributed by atoms with Gasteiger partial charge in [0, 0.05) is 49.4 Å². The van der Waals surface area contributed by atoms with Crippen LogP contribution >= 0.6 is 0 Å². The molecule has 0 spiro atoms. The van der Waals surface area contributed by atoms with Crippen molar-refractivity contribution in [2.24, 2.45) is 5.92 Å². The minimum absolute atomic E-state index is 0.729. The van der Waals surface area contributed by atoms with E-state index in [1.807, 2.05) is 12.1 Å². The molecule has 1 aliphatic heterocycles. The van der Waals surface area contributed by atoms with Gasteiger partial charge >= 0.3 is 0 Å². The van der Waals surface area contributed by atoms with E-state index in [0.29, 0.717) is 0 Å². The van der Waals surface area contributed by atoms with Gasteiger partial charge in [-0.3, -0.25) is 0 Å². The van der Waals surface area contributed by atoms with Crippen LogP contribution in [0.25, 0.3) is 0 Å². The zero-order valence-corrected chi connectivity index (χ0v) is 15.6. The number of aryl methyl sites for hydroxylation is 2. The number of hydrogen-bond acceptors (Lipinski definition) is 4. The van der Waals surface area contributed by atoms with Gasteiger partial charge in [0.2, 0.25) is 0 Å². The monoisotopic (exact) mass is 338 g/mol. The summed E-state index contributed by atoms with van der Waals surface area (Å²) in [5.41, 5.74) is 18.6. The molecule has 0 aliphatic carbocycles. The quantitative estimate of drug-likeness (QED) is 0.832. The van der Waals surface area contributed by atoms with E-state index in [0.717, 1.165) is 36.9 Å². The Morgan fingerprint density at radius 2 is 1.56 bits per heavy atom. The minimum atomic E-state index is 0.729.